The Kier molecular flexibility index (Phi) is 3.46. The van der Waals surface area contributed by atoms with Gasteiger partial charge in [0.05, 0.1) is 0 Å². The van der Waals surface area contributed by atoms with Crippen LogP contribution in [0.15, 0.2) is 11.4 Å². The fraction of sp³-hybridized carbons (Fsp3) is 0.700. The van der Waals surface area contributed by atoms with E-state index in [0.29, 0.717) is 24.3 Å². The van der Waals surface area contributed by atoms with Crippen molar-refractivity contribution in [2.75, 3.05) is 0 Å². The highest BCUT2D eigenvalue weighted by molar-refractivity contribution is 5.84. The molecule has 2 nitrogen and oxygen atoms in total. The van der Waals surface area contributed by atoms with E-state index in [1.165, 1.54) is 0 Å². The zero-order valence-corrected chi connectivity index (χ0v) is 7.85. The maximum atomic E-state index is 12.9. The lowest BCUT2D eigenvalue weighted by molar-refractivity contribution is -0.134. The molecule has 0 aromatic heterocycles. The van der Waals surface area contributed by atoms with Gasteiger partial charge in [0.25, 0.3) is 0 Å². The zero-order chi connectivity index (χ0) is 9.84. The van der Waals surface area contributed by atoms with Crippen LogP contribution in [0, 0.1) is 5.92 Å². The van der Waals surface area contributed by atoms with Gasteiger partial charge in [0.2, 0.25) is 5.83 Å². The Bertz CT molecular complexity index is 223. The molecule has 1 N–H and O–H groups in total. The van der Waals surface area contributed by atoms with Crippen LogP contribution in [0.4, 0.5) is 4.39 Å². The quantitative estimate of drug-likeness (QED) is 0.673. The third-order valence-electron chi connectivity index (χ3n) is 2.78. The van der Waals surface area contributed by atoms with Crippen LogP contribution in [0.2, 0.25) is 0 Å². The molecule has 1 aliphatic carbocycles. The van der Waals surface area contributed by atoms with Crippen LogP contribution in [0.1, 0.15) is 39.0 Å². The van der Waals surface area contributed by atoms with E-state index in [0.717, 1.165) is 19.3 Å². The molecule has 0 unspecified atom stereocenters. The first-order valence-electron chi connectivity index (χ1n) is 4.76. The molecule has 0 radical (unpaired) electrons. The van der Waals surface area contributed by atoms with Gasteiger partial charge < -0.3 is 5.11 Å². The first-order valence-corrected chi connectivity index (χ1v) is 4.76. The standard InChI is InChI=1S/C10H15FO2/c1-2-7-3-5-8(6-4-7)9(11)10(12)13/h7H,2-6H2,1H3,(H,12,13). The highest BCUT2D eigenvalue weighted by atomic mass is 19.1. The second kappa shape index (κ2) is 4.40. The summed E-state index contributed by atoms with van der Waals surface area (Å²) in [5.74, 6) is -1.68. The van der Waals surface area contributed by atoms with E-state index in [9.17, 15) is 9.18 Å². The average molecular weight is 186 g/mol. The van der Waals surface area contributed by atoms with Crippen molar-refractivity contribution in [3.63, 3.8) is 0 Å². The van der Waals surface area contributed by atoms with Gasteiger partial charge in [-0.25, -0.2) is 4.79 Å². The van der Waals surface area contributed by atoms with Crippen molar-refractivity contribution in [1.29, 1.82) is 0 Å². The molecule has 3 heteroatoms. The highest BCUT2D eigenvalue weighted by Gasteiger charge is 2.20. The van der Waals surface area contributed by atoms with E-state index in [4.69, 9.17) is 5.11 Å². The summed E-state index contributed by atoms with van der Waals surface area (Å²) in [4.78, 5) is 10.3. The molecule has 1 saturated carbocycles. The van der Waals surface area contributed by atoms with Gasteiger partial charge in [0.1, 0.15) is 0 Å². The van der Waals surface area contributed by atoms with Gasteiger partial charge in [-0.15, -0.1) is 0 Å². The monoisotopic (exact) mass is 186 g/mol. The summed E-state index contributed by atoms with van der Waals surface area (Å²) in [6.07, 6.45) is 4.23. The molecular formula is C10H15FO2. The minimum Gasteiger partial charge on any atom is -0.476 e. The van der Waals surface area contributed by atoms with Crippen LogP contribution in [-0.2, 0) is 4.79 Å². The fourth-order valence-corrected chi connectivity index (χ4v) is 1.81. The number of carboxylic acid groups (broad SMARTS) is 1. The van der Waals surface area contributed by atoms with Gasteiger partial charge in [-0.2, -0.15) is 4.39 Å². The predicted octanol–water partition coefficient (Wildman–Crippen LogP) is 2.89. The number of hydrogen-bond acceptors (Lipinski definition) is 1. The molecule has 74 valence electrons. The number of carbonyl (C=O) groups is 1. The molecule has 0 heterocycles. The lowest BCUT2D eigenvalue weighted by Gasteiger charge is -2.22. The van der Waals surface area contributed by atoms with Crippen molar-refractivity contribution in [2.45, 2.75) is 39.0 Å². The highest BCUT2D eigenvalue weighted by Crippen LogP contribution is 2.32. The average Bonchev–Trinajstić information content (AvgIpc) is 2.17. The Labute approximate surface area is 77.4 Å². The molecule has 0 atom stereocenters. The van der Waals surface area contributed by atoms with Crippen LogP contribution in [0.3, 0.4) is 0 Å². The van der Waals surface area contributed by atoms with E-state index >= 15 is 0 Å². The Balaban J connectivity index is 2.58. The number of rotatable bonds is 2. The third kappa shape index (κ3) is 2.54. The SMILES string of the molecule is CCC1CCC(=C(F)C(=O)O)CC1. The number of aliphatic carboxylic acids is 1. The van der Waals surface area contributed by atoms with Crippen LogP contribution < -0.4 is 0 Å². The molecule has 0 aromatic carbocycles. The number of halogens is 1. The molecular weight excluding hydrogens is 171 g/mol. The number of carboxylic acids is 1. The predicted molar refractivity (Wildman–Crippen MR) is 48.0 cm³/mol. The smallest absolute Gasteiger partial charge is 0.364 e. The minimum absolute atomic E-state index is 0.497. The Morgan fingerprint density at radius 1 is 1.54 bits per heavy atom. The summed E-state index contributed by atoms with van der Waals surface area (Å²) < 4.78 is 12.9. The number of allylic oxidation sites excluding steroid dienone is 1. The third-order valence-corrected chi connectivity index (χ3v) is 2.78. The van der Waals surface area contributed by atoms with Crippen molar-refractivity contribution in [1.82, 2.24) is 0 Å². The maximum absolute atomic E-state index is 12.9. The van der Waals surface area contributed by atoms with E-state index in [1.807, 2.05) is 0 Å². The lowest BCUT2D eigenvalue weighted by atomic mass is 9.84. The molecule has 1 fully saturated rings. The topological polar surface area (TPSA) is 37.3 Å². The second-order valence-corrected chi connectivity index (χ2v) is 3.57. The van der Waals surface area contributed by atoms with Gasteiger partial charge in [-0.3, -0.25) is 0 Å². The van der Waals surface area contributed by atoms with Crippen molar-refractivity contribution in [3.05, 3.63) is 11.4 Å². The molecule has 1 rings (SSSR count). The van der Waals surface area contributed by atoms with Crippen molar-refractivity contribution < 1.29 is 14.3 Å². The van der Waals surface area contributed by atoms with Gasteiger partial charge in [0, 0.05) is 0 Å². The summed E-state index contributed by atoms with van der Waals surface area (Å²) in [7, 11) is 0. The molecule has 0 aliphatic heterocycles. The van der Waals surface area contributed by atoms with Gasteiger partial charge in [-0.1, -0.05) is 13.3 Å². The first-order chi connectivity index (χ1) is 6.15. The summed E-state index contributed by atoms with van der Waals surface area (Å²) >= 11 is 0. The van der Waals surface area contributed by atoms with Crippen LogP contribution >= 0.6 is 0 Å². The summed E-state index contributed by atoms with van der Waals surface area (Å²) in [6.45, 7) is 2.12. The summed E-state index contributed by atoms with van der Waals surface area (Å²) in [5.41, 5.74) is 0.497. The Morgan fingerprint density at radius 2 is 2.08 bits per heavy atom. The van der Waals surface area contributed by atoms with E-state index in [1.54, 1.807) is 0 Å². The molecule has 0 spiro atoms. The fourth-order valence-electron chi connectivity index (χ4n) is 1.81. The van der Waals surface area contributed by atoms with Crippen LogP contribution in [0.5, 0.6) is 0 Å². The van der Waals surface area contributed by atoms with Crippen molar-refractivity contribution in [2.24, 2.45) is 5.92 Å². The molecule has 1 aliphatic rings. The minimum atomic E-state index is -1.41. The normalized spacial score (nSPS) is 22.9. The van der Waals surface area contributed by atoms with E-state index < -0.39 is 11.8 Å². The van der Waals surface area contributed by atoms with E-state index in [2.05, 4.69) is 6.92 Å². The van der Waals surface area contributed by atoms with E-state index in [-0.39, 0.29) is 0 Å². The van der Waals surface area contributed by atoms with Crippen molar-refractivity contribution >= 4 is 5.97 Å². The molecule has 0 bridgehead atoms. The lowest BCUT2D eigenvalue weighted by Crippen LogP contribution is -2.10. The largest absolute Gasteiger partial charge is 0.476 e. The molecule has 13 heavy (non-hydrogen) atoms. The van der Waals surface area contributed by atoms with Crippen molar-refractivity contribution in [3.8, 4) is 0 Å². The summed E-state index contributed by atoms with van der Waals surface area (Å²) in [6, 6.07) is 0. The summed E-state index contributed by atoms with van der Waals surface area (Å²) in [5, 5.41) is 8.42. The molecule has 0 saturated heterocycles. The number of hydrogen-bond donors (Lipinski definition) is 1. The Hall–Kier alpha value is -0.860. The van der Waals surface area contributed by atoms with Crippen LogP contribution in [0.25, 0.3) is 0 Å². The maximum Gasteiger partial charge on any atom is 0.364 e. The van der Waals surface area contributed by atoms with Gasteiger partial charge in [0.15, 0.2) is 0 Å². The molecule has 0 aromatic rings. The van der Waals surface area contributed by atoms with Gasteiger partial charge in [-0.05, 0) is 37.2 Å². The zero-order valence-electron chi connectivity index (χ0n) is 7.85. The first kappa shape index (κ1) is 10.2. The second-order valence-electron chi connectivity index (χ2n) is 3.57. The van der Waals surface area contributed by atoms with Gasteiger partial charge >= 0.3 is 5.97 Å². The Morgan fingerprint density at radius 3 is 2.46 bits per heavy atom. The molecule has 0 amide bonds. The van der Waals surface area contributed by atoms with Crippen LogP contribution in [-0.4, -0.2) is 11.1 Å².